The van der Waals surface area contributed by atoms with Crippen molar-refractivity contribution in [2.45, 2.75) is 44.9 Å². The fraction of sp³-hybridized carbons (Fsp3) is 0.370. The van der Waals surface area contributed by atoms with Gasteiger partial charge in [0.25, 0.3) is 0 Å². The van der Waals surface area contributed by atoms with Crippen LogP contribution in [0, 0.1) is 0 Å². The standard InChI is InChI=1S/C27H31N3O2/c1-2-6-21(7-3-1)18-31-19-22-10-11-27-23(14-22)8-5-13-30(27)25-15-26(17-28-16-25)32-20-24-9-4-12-29-24/h1-3,6-7,10-11,14-17,24,29H,4-5,8-9,12-13,18-20H2/t24-/m0/s1. The topological polar surface area (TPSA) is 46.6 Å². The molecule has 2 aliphatic heterocycles. The number of fused-ring (bicyclic) bond motifs is 1. The summed E-state index contributed by atoms with van der Waals surface area (Å²) in [4.78, 5) is 6.82. The molecule has 166 valence electrons. The SMILES string of the molecule is c1ccc(COCc2ccc3c(c2)CCCN3c2cncc(OC[C@@H]3CCCN3)c2)cc1. The molecular weight excluding hydrogens is 398 g/mol. The van der Waals surface area contributed by atoms with E-state index < -0.39 is 0 Å². The van der Waals surface area contributed by atoms with Crippen LogP contribution in [0.15, 0.2) is 67.0 Å². The largest absolute Gasteiger partial charge is 0.490 e. The molecule has 32 heavy (non-hydrogen) atoms. The molecule has 5 rings (SSSR count). The molecule has 0 saturated carbocycles. The van der Waals surface area contributed by atoms with Gasteiger partial charge in [-0.3, -0.25) is 4.98 Å². The van der Waals surface area contributed by atoms with Crippen LogP contribution in [0.2, 0.25) is 0 Å². The van der Waals surface area contributed by atoms with Crippen LogP contribution in [0.4, 0.5) is 11.4 Å². The van der Waals surface area contributed by atoms with Gasteiger partial charge in [0.05, 0.1) is 31.3 Å². The number of hydrogen-bond donors (Lipinski definition) is 1. The van der Waals surface area contributed by atoms with Crippen molar-refractivity contribution >= 4 is 11.4 Å². The minimum Gasteiger partial charge on any atom is -0.490 e. The van der Waals surface area contributed by atoms with Gasteiger partial charge in [0, 0.05) is 24.3 Å². The molecule has 0 aliphatic carbocycles. The number of anilines is 2. The maximum atomic E-state index is 6.04. The van der Waals surface area contributed by atoms with Gasteiger partial charge in [-0.25, -0.2) is 0 Å². The Labute approximate surface area is 190 Å². The van der Waals surface area contributed by atoms with Gasteiger partial charge < -0.3 is 19.7 Å². The third-order valence-corrected chi connectivity index (χ3v) is 6.27. The van der Waals surface area contributed by atoms with E-state index in [0.29, 0.717) is 25.9 Å². The smallest absolute Gasteiger partial charge is 0.139 e. The first-order chi connectivity index (χ1) is 15.8. The molecule has 1 fully saturated rings. The highest BCUT2D eigenvalue weighted by atomic mass is 16.5. The summed E-state index contributed by atoms with van der Waals surface area (Å²) in [6.07, 6.45) is 8.39. The zero-order valence-electron chi connectivity index (χ0n) is 18.5. The van der Waals surface area contributed by atoms with Gasteiger partial charge in [0.1, 0.15) is 12.4 Å². The van der Waals surface area contributed by atoms with Gasteiger partial charge in [0.2, 0.25) is 0 Å². The molecule has 1 N–H and O–H groups in total. The number of rotatable bonds is 8. The molecule has 3 heterocycles. The predicted octanol–water partition coefficient (Wildman–Crippen LogP) is 5.01. The van der Waals surface area contributed by atoms with Gasteiger partial charge in [-0.15, -0.1) is 0 Å². The zero-order chi connectivity index (χ0) is 21.6. The summed E-state index contributed by atoms with van der Waals surface area (Å²) in [5.74, 6) is 0.842. The normalized spacial score (nSPS) is 17.9. The fourth-order valence-corrected chi connectivity index (χ4v) is 4.60. The van der Waals surface area contributed by atoms with E-state index in [0.717, 1.165) is 37.4 Å². The number of pyridine rings is 1. The van der Waals surface area contributed by atoms with Crippen molar-refractivity contribution < 1.29 is 9.47 Å². The molecule has 2 aromatic carbocycles. The summed E-state index contributed by atoms with van der Waals surface area (Å²) in [5, 5.41) is 3.48. The molecule has 0 unspecified atom stereocenters. The van der Waals surface area contributed by atoms with Crippen LogP contribution >= 0.6 is 0 Å². The zero-order valence-corrected chi connectivity index (χ0v) is 18.5. The van der Waals surface area contributed by atoms with Gasteiger partial charge >= 0.3 is 0 Å². The first-order valence-electron chi connectivity index (χ1n) is 11.7. The number of nitrogens with zero attached hydrogens (tertiary/aromatic N) is 2. The third-order valence-electron chi connectivity index (χ3n) is 6.27. The lowest BCUT2D eigenvalue weighted by atomic mass is 9.99. The molecule has 0 radical (unpaired) electrons. The van der Waals surface area contributed by atoms with Crippen LogP contribution in [-0.2, 0) is 24.4 Å². The second-order valence-corrected chi connectivity index (χ2v) is 8.68. The summed E-state index contributed by atoms with van der Waals surface area (Å²) in [5.41, 5.74) is 6.16. The van der Waals surface area contributed by atoms with E-state index in [1.165, 1.54) is 35.2 Å². The van der Waals surface area contributed by atoms with E-state index >= 15 is 0 Å². The van der Waals surface area contributed by atoms with E-state index in [4.69, 9.17) is 9.47 Å². The number of aromatic nitrogens is 1. The molecule has 5 heteroatoms. The summed E-state index contributed by atoms with van der Waals surface area (Å²) in [6.45, 7) is 4.05. The first-order valence-corrected chi connectivity index (χ1v) is 11.7. The summed E-state index contributed by atoms with van der Waals surface area (Å²) < 4.78 is 12.0. The Morgan fingerprint density at radius 2 is 1.88 bits per heavy atom. The summed E-state index contributed by atoms with van der Waals surface area (Å²) in [7, 11) is 0. The maximum absolute atomic E-state index is 6.04. The Balaban J connectivity index is 1.24. The molecule has 0 amide bonds. The maximum Gasteiger partial charge on any atom is 0.139 e. The van der Waals surface area contributed by atoms with Crippen molar-refractivity contribution in [1.29, 1.82) is 0 Å². The highest BCUT2D eigenvalue weighted by Crippen LogP contribution is 2.35. The number of hydrogen-bond acceptors (Lipinski definition) is 5. The van der Waals surface area contributed by atoms with Gasteiger partial charge in [-0.05, 0) is 55.0 Å². The lowest BCUT2D eigenvalue weighted by Crippen LogP contribution is -2.28. The Bertz CT molecular complexity index is 1020. The average Bonchev–Trinajstić information content (AvgIpc) is 3.37. The number of aryl methyl sites for hydroxylation is 1. The lowest BCUT2D eigenvalue weighted by molar-refractivity contribution is 0.107. The van der Waals surface area contributed by atoms with Crippen molar-refractivity contribution in [2.75, 3.05) is 24.6 Å². The van der Waals surface area contributed by atoms with Crippen LogP contribution in [-0.4, -0.2) is 30.7 Å². The van der Waals surface area contributed by atoms with Crippen molar-refractivity contribution in [3.63, 3.8) is 0 Å². The molecule has 1 atom stereocenters. The number of nitrogens with one attached hydrogen (secondary N) is 1. The Morgan fingerprint density at radius 1 is 0.969 bits per heavy atom. The van der Waals surface area contributed by atoms with E-state index in [9.17, 15) is 0 Å². The molecule has 0 spiro atoms. The number of benzene rings is 2. The second kappa shape index (κ2) is 10.2. The molecule has 1 saturated heterocycles. The van der Waals surface area contributed by atoms with Gasteiger partial charge in [0.15, 0.2) is 0 Å². The highest BCUT2D eigenvalue weighted by molar-refractivity contribution is 5.68. The molecule has 5 nitrogen and oxygen atoms in total. The van der Waals surface area contributed by atoms with Crippen LogP contribution < -0.4 is 15.0 Å². The van der Waals surface area contributed by atoms with E-state index in [-0.39, 0.29) is 0 Å². The molecular formula is C27H31N3O2. The van der Waals surface area contributed by atoms with Crippen LogP contribution in [0.25, 0.3) is 0 Å². The monoisotopic (exact) mass is 429 g/mol. The lowest BCUT2D eigenvalue weighted by Gasteiger charge is -2.31. The Morgan fingerprint density at radius 3 is 2.75 bits per heavy atom. The van der Waals surface area contributed by atoms with E-state index in [1.807, 2.05) is 30.6 Å². The first kappa shape index (κ1) is 21.0. The van der Waals surface area contributed by atoms with Crippen LogP contribution in [0.3, 0.4) is 0 Å². The number of ether oxygens (including phenoxy) is 2. The van der Waals surface area contributed by atoms with Crippen molar-refractivity contribution in [3.8, 4) is 5.75 Å². The Kier molecular flexibility index (Phi) is 6.66. The average molecular weight is 430 g/mol. The van der Waals surface area contributed by atoms with Gasteiger partial charge in [-0.2, -0.15) is 0 Å². The minimum atomic E-state index is 0.455. The minimum absolute atomic E-state index is 0.455. The molecule has 1 aromatic heterocycles. The summed E-state index contributed by atoms with van der Waals surface area (Å²) in [6, 6.07) is 19.6. The highest BCUT2D eigenvalue weighted by Gasteiger charge is 2.20. The molecule has 0 bridgehead atoms. The predicted molar refractivity (Wildman–Crippen MR) is 127 cm³/mol. The van der Waals surface area contributed by atoms with Crippen LogP contribution in [0.1, 0.15) is 36.0 Å². The molecule has 2 aliphatic rings. The molecule has 3 aromatic rings. The van der Waals surface area contributed by atoms with E-state index in [1.54, 1.807) is 0 Å². The van der Waals surface area contributed by atoms with Crippen molar-refractivity contribution in [2.24, 2.45) is 0 Å². The third kappa shape index (κ3) is 5.12. The van der Waals surface area contributed by atoms with Gasteiger partial charge in [-0.1, -0.05) is 42.5 Å². The van der Waals surface area contributed by atoms with E-state index in [2.05, 4.69) is 51.6 Å². The Hall–Kier alpha value is -2.89. The second-order valence-electron chi connectivity index (χ2n) is 8.68. The van der Waals surface area contributed by atoms with Crippen molar-refractivity contribution in [3.05, 3.63) is 83.7 Å². The fourth-order valence-electron chi connectivity index (χ4n) is 4.60. The van der Waals surface area contributed by atoms with Crippen molar-refractivity contribution in [1.82, 2.24) is 10.3 Å². The quantitative estimate of drug-likeness (QED) is 0.545. The summed E-state index contributed by atoms with van der Waals surface area (Å²) >= 11 is 0. The van der Waals surface area contributed by atoms with Crippen LogP contribution in [0.5, 0.6) is 5.75 Å².